The summed E-state index contributed by atoms with van der Waals surface area (Å²) in [7, 11) is 0. The summed E-state index contributed by atoms with van der Waals surface area (Å²) in [5.41, 5.74) is 1.43. The third-order valence-corrected chi connectivity index (χ3v) is 3.82. The normalized spacial score (nSPS) is 18.8. The van der Waals surface area contributed by atoms with Gasteiger partial charge in [-0.2, -0.15) is 0 Å². The molecule has 0 unspecified atom stereocenters. The number of carbonyl (C=O) groups is 1. The Hall–Kier alpha value is -0.440. The first-order chi connectivity index (χ1) is 7.58. The first kappa shape index (κ1) is 13.6. The van der Waals surface area contributed by atoms with Crippen molar-refractivity contribution in [2.24, 2.45) is 0 Å². The molecule has 0 amide bonds. The Morgan fingerprint density at radius 1 is 1.44 bits per heavy atom. The highest BCUT2D eigenvalue weighted by atomic mass is 32.1. The highest BCUT2D eigenvalue weighted by molar-refractivity contribution is 7.78. The number of rotatable bonds is 6. The van der Waals surface area contributed by atoms with Crippen molar-refractivity contribution < 1.29 is 4.79 Å². The lowest BCUT2D eigenvalue weighted by Gasteiger charge is -2.41. The fourth-order valence-electron chi connectivity index (χ4n) is 2.82. The smallest absolute Gasteiger partial charge is 0.158 e. The molecule has 0 saturated heterocycles. The molecule has 0 aliphatic heterocycles. The van der Waals surface area contributed by atoms with Crippen molar-refractivity contribution in [1.82, 2.24) is 4.90 Å². The Morgan fingerprint density at radius 2 is 2.00 bits per heavy atom. The van der Waals surface area contributed by atoms with Crippen LogP contribution < -0.4 is 0 Å². The van der Waals surface area contributed by atoms with Crippen molar-refractivity contribution in [3.63, 3.8) is 0 Å². The number of carbonyl (C=O) groups excluding carboxylic acids is 1. The van der Waals surface area contributed by atoms with Gasteiger partial charge >= 0.3 is 0 Å². The van der Waals surface area contributed by atoms with Gasteiger partial charge in [-0.1, -0.05) is 32.0 Å². The summed E-state index contributed by atoms with van der Waals surface area (Å²) >= 11 is 5.11. The molecule has 0 bridgehead atoms. The Morgan fingerprint density at radius 3 is 2.38 bits per heavy atom. The van der Waals surface area contributed by atoms with E-state index in [0.717, 1.165) is 32.1 Å². The first-order valence-electron chi connectivity index (χ1n) is 6.35. The van der Waals surface area contributed by atoms with Crippen LogP contribution in [0.25, 0.3) is 0 Å². The van der Waals surface area contributed by atoms with E-state index in [1.165, 1.54) is 0 Å². The molecule has 2 nitrogen and oxygen atoms in total. The van der Waals surface area contributed by atoms with Crippen molar-refractivity contribution in [2.75, 3.05) is 0 Å². The summed E-state index contributed by atoms with van der Waals surface area (Å²) in [6.45, 7) is 6.29. The van der Waals surface area contributed by atoms with Crippen LogP contribution in [0.15, 0.2) is 0 Å². The predicted molar refractivity (Wildman–Crippen MR) is 71.7 cm³/mol. The van der Waals surface area contributed by atoms with E-state index in [1.807, 2.05) is 0 Å². The number of nitrogens with zero attached hydrogens (tertiary/aromatic N) is 1. The lowest BCUT2D eigenvalue weighted by molar-refractivity contribution is -0.129. The monoisotopic (exact) mass is 241 g/mol. The molecule has 1 aliphatic rings. The van der Waals surface area contributed by atoms with E-state index in [4.69, 9.17) is 12.2 Å². The van der Waals surface area contributed by atoms with Crippen LogP contribution in [0.2, 0.25) is 0 Å². The lowest BCUT2D eigenvalue weighted by atomic mass is 9.86. The Kier molecular flexibility index (Phi) is 4.90. The van der Waals surface area contributed by atoms with Gasteiger partial charge in [0.15, 0.2) is 5.78 Å². The molecule has 0 heterocycles. The molecule has 0 spiro atoms. The molecule has 3 heteroatoms. The summed E-state index contributed by atoms with van der Waals surface area (Å²) in [5, 5.41) is 0. The molecular formula is C13H23NOS. The van der Waals surface area contributed by atoms with Crippen LogP contribution in [0.5, 0.6) is 0 Å². The number of hydrogen-bond donors (Lipinski definition) is 0. The van der Waals surface area contributed by atoms with Crippen LogP contribution >= 0.6 is 12.2 Å². The van der Waals surface area contributed by atoms with Crippen LogP contribution in [0, 0.1) is 0 Å². The molecule has 1 rings (SSSR count). The second-order valence-corrected chi connectivity index (χ2v) is 5.23. The zero-order valence-corrected chi connectivity index (χ0v) is 11.5. The van der Waals surface area contributed by atoms with Gasteiger partial charge in [0.1, 0.15) is 0 Å². The van der Waals surface area contributed by atoms with Crippen LogP contribution in [-0.2, 0) is 4.79 Å². The number of Topliss-reactive ketones (excluding diaryl/α,β-unsaturated/α-hetero) is 1. The van der Waals surface area contributed by atoms with E-state index in [9.17, 15) is 4.79 Å². The molecule has 16 heavy (non-hydrogen) atoms. The Balaban J connectivity index is 2.94. The van der Waals surface area contributed by atoms with Gasteiger partial charge in [-0.05, 0) is 33.1 Å². The second-order valence-electron chi connectivity index (χ2n) is 5.02. The topological polar surface area (TPSA) is 20.3 Å². The Bertz CT molecular complexity index is 257. The average Bonchev–Trinajstić information content (AvgIpc) is 2.69. The molecule has 0 radical (unpaired) electrons. The SMILES string of the molecule is CCCC(=O)C1(N(C=S)C(C)C)CCCC1. The van der Waals surface area contributed by atoms with Crippen molar-refractivity contribution in [3.8, 4) is 0 Å². The van der Waals surface area contributed by atoms with Gasteiger partial charge in [-0.25, -0.2) is 0 Å². The van der Waals surface area contributed by atoms with E-state index in [1.54, 1.807) is 5.49 Å². The van der Waals surface area contributed by atoms with E-state index in [0.29, 0.717) is 18.2 Å². The highest BCUT2D eigenvalue weighted by Gasteiger charge is 2.44. The molecule has 92 valence electrons. The van der Waals surface area contributed by atoms with Crippen LogP contribution in [0.3, 0.4) is 0 Å². The number of thiocarbonyl (C=S) groups is 1. The largest absolute Gasteiger partial charge is 0.354 e. The van der Waals surface area contributed by atoms with Crippen LogP contribution in [0.4, 0.5) is 0 Å². The van der Waals surface area contributed by atoms with Crippen molar-refractivity contribution in [3.05, 3.63) is 0 Å². The van der Waals surface area contributed by atoms with Gasteiger partial charge in [-0.15, -0.1) is 0 Å². The third kappa shape index (κ3) is 2.45. The minimum absolute atomic E-state index is 0.272. The maximum absolute atomic E-state index is 12.4. The quantitative estimate of drug-likeness (QED) is 0.665. The van der Waals surface area contributed by atoms with E-state index >= 15 is 0 Å². The molecule has 0 aromatic rings. The van der Waals surface area contributed by atoms with Gasteiger partial charge in [0, 0.05) is 12.5 Å². The highest BCUT2D eigenvalue weighted by Crippen LogP contribution is 2.37. The summed E-state index contributed by atoms with van der Waals surface area (Å²) in [5.74, 6) is 0.391. The number of ketones is 1. The molecule has 0 aromatic heterocycles. The fraction of sp³-hybridized carbons (Fsp3) is 0.846. The third-order valence-electron chi connectivity index (χ3n) is 3.59. The van der Waals surface area contributed by atoms with Gasteiger partial charge in [-0.3, -0.25) is 4.79 Å². The standard InChI is InChI=1S/C13H23NOS/c1-4-7-12(15)13(8-5-6-9-13)14(10-16)11(2)3/h10-11H,4-9H2,1-3H3. The van der Waals surface area contributed by atoms with Crippen molar-refractivity contribution >= 4 is 23.5 Å². The zero-order valence-electron chi connectivity index (χ0n) is 10.7. The summed E-state index contributed by atoms with van der Waals surface area (Å²) in [4.78, 5) is 14.5. The predicted octanol–water partition coefficient (Wildman–Crippen LogP) is 3.34. The van der Waals surface area contributed by atoms with E-state index < -0.39 is 0 Å². The summed E-state index contributed by atoms with van der Waals surface area (Å²) in [6.07, 6.45) is 5.90. The molecule has 1 fully saturated rings. The molecule has 1 aliphatic carbocycles. The molecule has 1 saturated carbocycles. The van der Waals surface area contributed by atoms with Gasteiger partial charge in [0.2, 0.25) is 0 Å². The average molecular weight is 241 g/mol. The molecule has 0 aromatic carbocycles. The minimum atomic E-state index is -0.272. The van der Waals surface area contributed by atoms with Crippen LogP contribution in [-0.4, -0.2) is 27.8 Å². The van der Waals surface area contributed by atoms with Gasteiger partial charge in [0.05, 0.1) is 11.0 Å². The maximum Gasteiger partial charge on any atom is 0.158 e. The molecule has 0 N–H and O–H groups in total. The van der Waals surface area contributed by atoms with Crippen LogP contribution in [0.1, 0.15) is 59.3 Å². The van der Waals surface area contributed by atoms with E-state index in [2.05, 4.69) is 25.7 Å². The minimum Gasteiger partial charge on any atom is -0.354 e. The van der Waals surface area contributed by atoms with E-state index in [-0.39, 0.29) is 5.54 Å². The summed E-state index contributed by atoms with van der Waals surface area (Å²) < 4.78 is 0. The second kappa shape index (κ2) is 5.76. The summed E-state index contributed by atoms with van der Waals surface area (Å²) in [6, 6.07) is 0.316. The van der Waals surface area contributed by atoms with Gasteiger partial charge < -0.3 is 4.90 Å². The molecule has 0 atom stereocenters. The first-order valence-corrected chi connectivity index (χ1v) is 6.82. The molecular weight excluding hydrogens is 218 g/mol. The van der Waals surface area contributed by atoms with Gasteiger partial charge in [0.25, 0.3) is 0 Å². The lowest BCUT2D eigenvalue weighted by Crippen LogP contribution is -2.54. The number of hydrogen-bond acceptors (Lipinski definition) is 2. The Labute approximate surface area is 104 Å². The zero-order chi connectivity index (χ0) is 12.2. The van der Waals surface area contributed by atoms with Crippen molar-refractivity contribution in [2.45, 2.75) is 70.9 Å². The fourth-order valence-corrected chi connectivity index (χ4v) is 3.26. The maximum atomic E-state index is 12.4. The van der Waals surface area contributed by atoms with Crippen molar-refractivity contribution in [1.29, 1.82) is 0 Å².